The molecule has 0 spiro atoms. The highest BCUT2D eigenvalue weighted by Crippen LogP contribution is 2.26. The summed E-state index contributed by atoms with van der Waals surface area (Å²) in [7, 11) is 0. The Bertz CT molecular complexity index is 886. The van der Waals surface area contributed by atoms with Crippen molar-refractivity contribution in [3.63, 3.8) is 0 Å². The van der Waals surface area contributed by atoms with E-state index in [9.17, 15) is 18.8 Å². The minimum absolute atomic E-state index is 0.0458. The molecule has 1 aliphatic heterocycles. The fourth-order valence-corrected chi connectivity index (χ4v) is 3.48. The van der Waals surface area contributed by atoms with E-state index in [1.165, 1.54) is 24.3 Å². The van der Waals surface area contributed by atoms with Crippen LogP contribution in [0.4, 0.5) is 10.1 Å². The third-order valence-corrected chi connectivity index (χ3v) is 5.04. The number of anilines is 1. The Morgan fingerprint density at radius 1 is 1.21 bits per heavy atom. The Labute approximate surface area is 165 Å². The van der Waals surface area contributed by atoms with Crippen LogP contribution in [0.1, 0.15) is 23.7 Å². The summed E-state index contributed by atoms with van der Waals surface area (Å²) in [6.07, 6.45) is -0.882. The summed E-state index contributed by atoms with van der Waals surface area (Å²) in [5.74, 6) is -1.83. The molecule has 8 heteroatoms. The number of carbonyl (C=O) groups is 3. The minimum Gasteiger partial charge on any atom is -0.460 e. The lowest BCUT2D eigenvalue weighted by Crippen LogP contribution is -2.23. The van der Waals surface area contributed by atoms with Crippen LogP contribution in [-0.2, 0) is 19.1 Å². The van der Waals surface area contributed by atoms with E-state index in [-0.39, 0.29) is 29.1 Å². The monoisotopic (exact) mass is 403 g/mol. The van der Waals surface area contributed by atoms with Gasteiger partial charge in [0.05, 0.1) is 11.3 Å². The van der Waals surface area contributed by atoms with Crippen LogP contribution in [0.5, 0.6) is 0 Å². The zero-order valence-electron chi connectivity index (χ0n) is 15.0. The van der Waals surface area contributed by atoms with Gasteiger partial charge in [0.25, 0.3) is 0 Å². The highest BCUT2D eigenvalue weighted by molar-refractivity contribution is 8.00. The van der Waals surface area contributed by atoms with Crippen molar-refractivity contribution in [3.8, 4) is 0 Å². The standard InChI is InChI=1S/C20H18FNO5S/c1-12-10-16(20(25)26-12)27-19(24)15-4-2-3-5-17(15)28-11-18(23)22-14-8-6-13(21)7-9-14/h2-9,12,16H,10-11H2,1H3,(H,22,23)/t12-,16-/m0/s1. The smallest absolute Gasteiger partial charge is 0.347 e. The van der Waals surface area contributed by atoms with Crippen LogP contribution in [0.2, 0.25) is 0 Å². The summed E-state index contributed by atoms with van der Waals surface area (Å²) in [5.41, 5.74) is 0.753. The maximum Gasteiger partial charge on any atom is 0.347 e. The van der Waals surface area contributed by atoms with E-state index in [4.69, 9.17) is 9.47 Å². The van der Waals surface area contributed by atoms with Crippen LogP contribution in [0.15, 0.2) is 53.4 Å². The van der Waals surface area contributed by atoms with E-state index >= 15 is 0 Å². The highest BCUT2D eigenvalue weighted by atomic mass is 32.2. The number of halogens is 1. The molecule has 0 aromatic heterocycles. The van der Waals surface area contributed by atoms with Crippen molar-refractivity contribution in [2.24, 2.45) is 0 Å². The Hall–Kier alpha value is -2.87. The van der Waals surface area contributed by atoms with Crippen molar-refractivity contribution < 1.29 is 28.2 Å². The molecule has 0 radical (unpaired) electrons. The fourth-order valence-electron chi connectivity index (χ4n) is 2.64. The van der Waals surface area contributed by atoms with Crippen molar-refractivity contribution in [2.75, 3.05) is 11.1 Å². The number of ether oxygens (including phenoxy) is 2. The summed E-state index contributed by atoms with van der Waals surface area (Å²) in [6.45, 7) is 1.73. The lowest BCUT2D eigenvalue weighted by atomic mass is 10.2. The van der Waals surface area contributed by atoms with Gasteiger partial charge in [-0.1, -0.05) is 12.1 Å². The van der Waals surface area contributed by atoms with E-state index in [2.05, 4.69) is 5.32 Å². The number of hydrogen-bond donors (Lipinski definition) is 1. The number of nitrogens with one attached hydrogen (secondary N) is 1. The maximum atomic E-state index is 12.9. The molecular formula is C20H18FNO5S. The molecule has 0 bridgehead atoms. The first-order chi connectivity index (χ1) is 13.4. The van der Waals surface area contributed by atoms with Gasteiger partial charge in [-0.15, -0.1) is 11.8 Å². The van der Waals surface area contributed by atoms with Gasteiger partial charge in [0, 0.05) is 17.0 Å². The molecule has 2 atom stereocenters. The minimum atomic E-state index is -0.915. The molecule has 2 aromatic rings. The average Bonchev–Trinajstić information content (AvgIpc) is 2.99. The predicted octanol–water partition coefficient (Wildman–Crippen LogP) is 3.42. The molecule has 0 unspecified atom stereocenters. The van der Waals surface area contributed by atoms with Gasteiger partial charge >= 0.3 is 11.9 Å². The molecule has 0 saturated carbocycles. The number of carbonyl (C=O) groups excluding carboxylic acids is 3. The maximum absolute atomic E-state index is 12.9. The number of hydrogen-bond acceptors (Lipinski definition) is 6. The molecule has 1 heterocycles. The zero-order chi connectivity index (χ0) is 20.1. The van der Waals surface area contributed by atoms with Gasteiger partial charge in [0.2, 0.25) is 12.0 Å². The van der Waals surface area contributed by atoms with Crippen LogP contribution in [0.25, 0.3) is 0 Å². The molecule has 1 amide bonds. The molecular weight excluding hydrogens is 385 g/mol. The fraction of sp³-hybridized carbons (Fsp3) is 0.250. The first-order valence-electron chi connectivity index (χ1n) is 8.61. The third kappa shape index (κ3) is 5.10. The second-order valence-electron chi connectivity index (χ2n) is 6.22. The van der Waals surface area contributed by atoms with E-state index < -0.39 is 18.0 Å². The summed E-state index contributed by atoms with van der Waals surface area (Å²) in [6, 6.07) is 12.1. The molecule has 2 aromatic carbocycles. The highest BCUT2D eigenvalue weighted by Gasteiger charge is 2.35. The Kier molecular flexibility index (Phi) is 6.30. The number of rotatable bonds is 6. The van der Waals surface area contributed by atoms with Crippen molar-refractivity contribution in [2.45, 2.75) is 30.4 Å². The first kappa shape index (κ1) is 19.9. The number of amides is 1. The number of benzene rings is 2. The Morgan fingerprint density at radius 2 is 1.93 bits per heavy atom. The van der Waals surface area contributed by atoms with Gasteiger partial charge in [-0.05, 0) is 43.3 Å². The van der Waals surface area contributed by atoms with Gasteiger partial charge < -0.3 is 14.8 Å². The molecule has 1 saturated heterocycles. The van der Waals surface area contributed by atoms with Crippen LogP contribution in [0.3, 0.4) is 0 Å². The van der Waals surface area contributed by atoms with Crippen molar-refractivity contribution in [3.05, 3.63) is 59.9 Å². The summed E-state index contributed by atoms with van der Waals surface area (Å²) in [4.78, 5) is 36.8. The Balaban J connectivity index is 1.60. The lowest BCUT2D eigenvalue weighted by Gasteiger charge is -2.11. The van der Waals surface area contributed by atoms with E-state index in [0.29, 0.717) is 17.0 Å². The van der Waals surface area contributed by atoms with Gasteiger partial charge in [-0.25, -0.2) is 14.0 Å². The second-order valence-corrected chi connectivity index (χ2v) is 7.23. The van der Waals surface area contributed by atoms with Crippen LogP contribution in [0, 0.1) is 5.82 Å². The SMILES string of the molecule is C[C@H]1C[C@H](OC(=O)c2ccccc2SCC(=O)Nc2ccc(F)cc2)C(=O)O1. The molecule has 1 N–H and O–H groups in total. The van der Waals surface area contributed by atoms with Crippen molar-refractivity contribution in [1.29, 1.82) is 0 Å². The second kappa shape index (κ2) is 8.88. The summed E-state index contributed by atoms with van der Waals surface area (Å²) < 4.78 is 23.2. The molecule has 1 fully saturated rings. The summed E-state index contributed by atoms with van der Waals surface area (Å²) in [5, 5.41) is 2.65. The number of thioether (sulfide) groups is 1. The largest absolute Gasteiger partial charge is 0.460 e. The van der Waals surface area contributed by atoms with Gasteiger partial charge in [0.1, 0.15) is 11.9 Å². The van der Waals surface area contributed by atoms with E-state index in [1.807, 2.05) is 0 Å². The van der Waals surface area contributed by atoms with Gasteiger partial charge in [-0.2, -0.15) is 0 Å². The van der Waals surface area contributed by atoms with Crippen LogP contribution >= 0.6 is 11.8 Å². The number of esters is 2. The quantitative estimate of drug-likeness (QED) is 0.588. The molecule has 28 heavy (non-hydrogen) atoms. The number of cyclic esters (lactones) is 1. The zero-order valence-corrected chi connectivity index (χ0v) is 15.8. The topological polar surface area (TPSA) is 81.7 Å². The predicted molar refractivity (Wildman–Crippen MR) is 102 cm³/mol. The molecule has 146 valence electrons. The summed E-state index contributed by atoms with van der Waals surface area (Å²) >= 11 is 1.16. The Morgan fingerprint density at radius 3 is 2.61 bits per heavy atom. The molecule has 6 nitrogen and oxygen atoms in total. The first-order valence-corrected chi connectivity index (χ1v) is 9.59. The van der Waals surface area contributed by atoms with Crippen LogP contribution < -0.4 is 5.32 Å². The third-order valence-electron chi connectivity index (χ3n) is 3.97. The van der Waals surface area contributed by atoms with Gasteiger partial charge in [0.15, 0.2) is 0 Å². The molecule has 0 aliphatic carbocycles. The normalized spacial score (nSPS) is 18.4. The van der Waals surface area contributed by atoms with Gasteiger partial charge in [-0.3, -0.25) is 4.79 Å². The molecule has 1 aliphatic rings. The van der Waals surface area contributed by atoms with Crippen molar-refractivity contribution >= 4 is 35.3 Å². The van der Waals surface area contributed by atoms with E-state index in [0.717, 1.165) is 11.8 Å². The lowest BCUT2D eigenvalue weighted by molar-refractivity contribution is -0.147. The van der Waals surface area contributed by atoms with Crippen LogP contribution in [-0.4, -0.2) is 35.8 Å². The van der Waals surface area contributed by atoms with Crippen molar-refractivity contribution in [1.82, 2.24) is 0 Å². The van der Waals surface area contributed by atoms with E-state index in [1.54, 1.807) is 31.2 Å². The average molecular weight is 403 g/mol. The molecule has 3 rings (SSSR count).